The molecule has 0 saturated carbocycles. The van der Waals surface area contributed by atoms with Crippen molar-refractivity contribution < 1.29 is 14.7 Å². The first-order valence-electron chi connectivity index (χ1n) is 2.82. The zero-order valence-electron chi connectivity index (χ0n) is 5.46. The Labute approximate surface area is 58.2 Å². The van der Waals surface area contributed by atoms with Gasteiger partial charge in [-0.25, -0.2) is 0 Å². The average Bonchev–Trinajstić information content (AvgIpc) is 1.85. The summed E-state index contributed by atoms with van der Waals surface area (Å²) in [4.78, 5) is 20.5. The maximum Gasteiger partial charge on any atom is 0.236 e. The van der Waals surface area contributed by atoms with Gasteiger partial charge in [-0.15, -0.1) is 0 Å². The largest absolute Gasteiger partial charge is 0.396 e. The molecule has 0 fully saturated rings. The van der Waals surface area contributed by atoms with Crippen LogP contribution in [0.25, 0.3) is 0 Å². The number of amides is 2. The lowest BCUT2D eigenvalue weighted by Crippen LogP contribution is -2.33. The van der Waals surface area contributed by atoms with Crippen molar-refractivity contribution in [2.75, 3.05) is 13.2 Å². The molecule has 5 nitrogen and oxygen atoms in total. The number of hydrogen-bond acceptors (Lipinski definition) is 3. The number of aliphatic hydroxyl groups excluding tert-OH is 1. The predicted octanol–water partition coefficient (Wildman–Crippen LogP) is -2.03. The third kappa shape index (κ3) is 5.04. The average molecular weight is 146 g/mol. The molecule has 0 rings (SSSR count). The molecule has 0 saturated heterocycles. The molecule has 58 valence electrons. The molecule has 0 radical (unpaired) electrons. The van der Waals surface area contributed by atoms with Crippen LogP contribution in [0.1, 0.15) is 6.42 Å². The van der Waals surface area contributed by atoms with Gasteiger partial charge in [0.15, 0.2) is 0 Å². The fraction of sp³-hybridized carbons (Fsp3) is 0.600. The number of hydrogen-bond donors (Lipinski definition) is 3. The lowest BCUT2D eigenvalue weighted by molar-refractivity contribution is -0.125. The highest BCUT2D eigenvalue weighted by Crippen LogP contribution is 1.73. The third-order valence-electron chi connectivity index (χ3n) is 0.799. The SMILES string of the molecule is NC(=O)CNC(=O)CCO. The number of nitrogens with one attached hydrogen (secondary N) is 1. The van der Waals surface area contributed by atoms with Gasteiger partial charge in [-0.2, -0.15) is 0 Å². The summed E-state index contributed by atoms with van der Waals surface area (Å²) >= 11 is 0. The lowest BCUT2D eigenvalue weighted by Gasteiger charge is -1.98. The summed E-state index contributed by atoms with van der Waals surface area (Å²) in [5, 5.41) is 10.4. The number of nitrogens with two attached hydrogens (primary N) is 1. The molecule has 0 atom stereocenters. The second-order valence-electron chi connectivity index (χ2n) is 1.72. The van der Waals surface area contributed by atoms with E-state index in [1.54, 1.807) is 0 Å². The second kappa shape index (κ2) is 4.75. The van der Waals surface area contributed by atoms with Crippen molar-refractivity contribution >= 4 is 11.8 Å². The first-order valence-corrected chi connectivity index (χ1v) is 2.82. The topological polar surface area (TPSA) is 92.4 Å². The summed E-state index contributed by atoms with van der Waals surface area (Å²) in [5.41, 5.74) is 4.72. The molecule has 0 heterocycles. The Bertz CT molecular complexity index is 135. The van der Waals surface area contributed by atoms with E-state index < -0.39 is 5.91 Å². The Hall–Kier alpha value is -1.10. The molecule has 0 unspecified atom stereocenters. The summed E-state index contributed by atoms with van der Waals surface area (Å²) in [6, 6.07) is 0. The number of primary amides is 1. The van der Waals surface area contributed by atoms with Crippen molar-refractivity contribution in [2.45, 2.75) is 6.42 Å². The molecular formula is C5H10N2O3. The van der Waals surface area contributed by atoms with Crippen LogP contribution >= 0.6 is 0 Å². The normalized spacial score (nSPS) is 8.90. The van der Waals surface area contributed by atoms with Gasteiger partial charge in [0.2, 0.25) is 11.8 Å². The highest BCUT2D eigenvalue weighted by atomic mass is 16.3. The third-order valence-corrected chi connectivity index (χ3v) is 0.799. The first kappa shape index (κ1) is 8.90. The van der Waals surface area contributed by atoms with Gasteiger partial charge in [0.25, 0.3) is 0 Å². The number of carbonyl (C=O) groups is 2. The van der Waals surface area contributed by atoms with Gasteiger partial charge < -0.3 is 16.2 Å². The summed E-state index contributed by atoms with van der Waals surface area (Å²) in [6.45, 7) is -0.385. The Morgan fingerprint density at radius 3 is 2.50 bits per heavy atom. The van der Waals surface area contributed by atoms with Crippen LogP contribution in [0.5, 0.6) is 0 Å². The molecule has 0 aromatic heterocycles. The van der Waals surface area contributed by atoms with Crippen molar-refractivity contribution in [2.24, 2.45) is 5.73 Å². The van der Waals surface area contributed by atoms with Crippen LogP contribution in [-0.2, 0) is 9.59 Å². The van der Waals surface area contributed by atoms with Crippen LogP contribution in [-0.4, -0.2) is 30.1 Å². The fourth-order valence-corrected chi connectivity index (χ4v) is 0.376. The molecule has 0 aromatic carbocycles. The van der Waals surface area contributed by atoms with E-state index in [0.29, 0.717) is 0 Å². The molecule has 0 aliphatic carbocycles. The molecular weight excluding hydrogens is 136 g/mol. The second-order valence-corrected chi connectivity index (χ2v) is 1.72. The quantitative estimate of drug-likeness (QED) is 0.427. The van der Waals surface area contributed by atoms with Crippen molar-refractivity contribution in [1.82, 2.24) is 5.32 Å². The van der Waals surface area contributed by atoms with Crippen molar-refractivity contribution in [3.8, 4) is 0 Å². The highest BCUT2D eigenvalue weighted by Gasteiger charge is 1.99. The molecule has 5 heteroatoms. The van der Waals surface area contributed by atoms with Crippen LogP contribution in [0.3, 0.4) is 0 Å². The van der Waals surface area contributed by atoms with Gasteiger partial charge in [-0.3, -0.25) is 9.59 Å². The summed E-state index contributed by atoms with van der Waals surface area (Å²) in [5.74, 6) is -0.965. The van der Waals surface area contributed by atoms with E-state index >= 15 is 0 Å². The summed E-state index contributed by atoms with van der Waals surface area (Å²) < 4.78 is 0. The maximum atomic E-state index is 10.5. The molecule has 0 spiro atoms. The van der Waals surface area contributed by atoms with E-state index in [4.69, 9.17) is 10.8 Å². The minimum atomic E-state index is -0.591. The number of aliphatic hydroxyl groups is 1. The van der Waals surface area contributed by atoms with Gasteiger partial charge >= 0.3 is 0 Å². The van der Waals surface area contributed by atoms with Gasteiger partial charge in [0, 0.05) is 6.42 Å². The van der Waals surface area contributed by atoms with Crippen LogP contribution in [0.2, 0.25) is 0 Å². The zero-order chi connectivity index (χ0) is 7.98. The Morgan fingerprint density at radius 2 is 2.10 bits per heavy atom. The lowest BCUT2D eigenvalue weighted by atomic mass is 10.4. The fourth-order valence-electron chi connectivity index (χ4n) is 0.376. The van der Waals surface area contributed by atoms with Crippen molar-refractivity contribution in [1.29, 1.82) is 0 Å². The zero-order valence-corrected chi connectivity index (χ0v) is 5.46. The van der Waals surface area contributed by atoms with E-state index in [0.717, 1.165) is 0 Å². The van der Waals surface area contributed by atoms with Gasteiger partial charge in [-0.05, 0) is 0 Å². The maximum absolute atomic E-state index is 10.5. The van der Waals surface area contributed by atoms with Crippen molar-refractivity contribution in [3.63, 3.8) is 0 Å². The number of rotatable bonds is 4. The van der Waals surface area contributed by atoms with Gasteiger partial charge in [-0.1, -0.05) is 0 Å². The minimum Gasteiger partial charge on any atom is -0.396 e. The molecule has 0 aliphatic rings. The summed E-state index contributed by atoms with van der Waals surface area (Å²) in [7, 11) is 0. The molecule has 4 N–H and O–H groups in total. The first-order chi connectivity index (χ1) is 4.66. The summed E-state index contributed by atoms with van der Waals surface area (Å²) in [6.07, 6.45) is 0.00722. The van der Waals surface area contributed by atoms with Crippen LogP contribution < -0.4 is 11.1 Å². The minimum absolute atomic E-state index is 0.00722. The Kier molecular flexibility index (Phi) is 4.23. The molecule has 0 aliphatic heterocycles. The van der Waals surface area contributed by atoms with E-state index in [9.17, 15) is 9.59 Å². The van der Waals surface area contributed by atoms with Crippen LogP contribution in [0.4, 0.5) is 0 Å². The number of carbonyl (C=O) groups excluding carboxylic acids is 2. The van der Waals surface area contributed by atoms with E-state index in [2.05, 4.69) is 5.32 Å². The van der Waals surface area contributed by atoms with Crippen molar-refractivity contribution in [3.05, 3.63) is 0 Å². The molecule has 2 amide bonds. The smallest absolute Gasteiger partial charge is 0.236 e. The Balaban J connectivity index is 3.30. The molecule has 0 aromatic rings. The molecule has 0 bridgehead atoms. The van der Waals surface area contributed by atoms with E-state index in [1.165, 1.54) is 0 Å². The monoisotopic (exact) mass is 146 g/mol. The Morgan fingerprint density at radius 1 is 1.50 bits per heavy atom. The predicted molar refractivity (Wildman–Crippen MR) is 33.9 cm³/mol. The standard InChI is InChI=1S/C5H10N2O3/c6-4(9)3-7-5(10)1-2-8/h8H,1-3H2,(H2,6,9)(H,7,10). The van der Waals surface area contributed by atoms with Crippen LogP contribution in [0.15, 0.2) is 0 Å². The highest BCUT2D eigenvalue weighted by molar-refractivity contribution is 5.83. The van der Waals surface area contributed by atoms with Gasteiger partial charge in [0.05, 0.1) is 13.2 Å². The molecule has 10 heavy (non-hydrogen) atoms. The van der Waals surface area contributed by atoms with Gasteiger partial charge in [0.1, 0.15) is 0 Å². The van der Waals surface area contributed by atoms with E-state index in [1.807, 2.05) is 0 Å². The van der Waals surface area contributed by atoms with E-state index in [-0.39, 0.29) is 25.5 Å². The van der Waals surface area contributed by atoms with Crippen LogP contribution in [0, 0.1) is 0 Å².